The number of aromatic nitrogens is 4. The zero-order valence-electron chi connectivity index (χ0n) is 10.9. The lowest BCUT2D eigenvalue weighted by Crippen LogP contribution is -2.25. The first-order chi connectivity index (χ1) is 9.54. The molecule has 0 amide bonds. The second-order valence-electron chi connectivity index (χ2n) is 4.44. The van der Waals surface area contributed by atoms with Gasteiger partial charge in [-0.25, -0.2) is 15.0 Å². The maximum absolute atomic E-state index is 12.0. The lowest BCUT2D eigenvalue weighted by atomic mass is 10.4. The SMILES string of the molecule is Cc1cc(=O)n(Cc2nc(Cl)c3ccsc3n2)c(C)n1. The van der Waals surface area contributed by atoms with Gasteiger partial charge in [-0.15, -0.1) is 11.3 Å². The van der Waals surface area contributed by atoms with Crippen LogP contribution in [0.15, 0.2) is 22.3 Å². The Hall–Kier alpha value is -1.79. The van der Waals surface area contributed by atoms with E-state index in [0.29, 0.717) is 22.5 Å². The van der Waals surface area contributed by atoms with Gasteiger partial charge in [-0.2, -0.15) is 0 Å². The average Bonchev–Trinajstić information content (AvgIpc) is 2.82. The first-order valence-electron chi connectivity index (χ1n) is 5.99. The molecule has 0 aliphatic heterocycles. The molecule has 0 aromatic carbocycles. The number of hydrogen-bond acceptors (Lipinski definition) is 5. The minimum atomic E-state index is -0.110. The fourth-order valence-corrected chi connectivity index (χ4v) is 3.12. The predicted octanol–water partition coefficient (Wildman–Crippen LogP) is 2.57. The molecule has 0 saturated heterocycles. The molecule has 0 spiro atoms. The molecule has 5 nitrogen and oxygen atoms in total. The highest BCUT2D eigenvalue weighted by Gasteiger charge is 2.10. The molecular formula is C13H11ClN4OS. The third-order valence-corrected chi connectivity index (χ3v) is 4.05. The van der Waals surface area contributed by atoms with E-state index in [9.17, 15) is 4.79 Å². The largest absolute Gasteiger partial charge is 0.289 e. The van der Waals surface area contributed by atoms with Crippen LogP contribution in [0.1, 0.15) is 17.3 Å². The lowest BCUT2D eigenvalue weighted by Gasteiger charge is -2.09. The highest BCUT2D eigenvalue weighted by Crippen LogP contribution is 2.24. The van der Waals surface area contributed by atoms with Gasteiger partial charge in [0.1, 0.15) is 15.8 Å². The van der Waals surface area contributed by atoms with Crippen LogP contribution < -0.4 is 5.56 Å². The first kappa shape index (κ1) is 13.2. The van der Waals surface area contributed by atoms with E-state index in [1.54, 1.807) is 13.8 Å². The summed E-state index contributed by atoms with van der Waals surface area (Å²) in [5.41, 5.74) is 0.595. The summed E-state index contributed by atoms with van der Waals surface area (Å²) in [7, 11) is 0. The molecule has 102 valence electrons. The van der Waals surface area contributed by atoms with E-state index in [-0.39, 0.29) is 12.1 Å². The lowest BCUT2D eigenvalue weighted by molar-refractivity contribution is 0.667. The maximum atomic E-state index is 12.0. The summed E-state index contributed by atoms with van der Waals surface area (Å²) in [4.78, 5) is 25.8. The molecule has 0 unspecified atom stereocenters. The number of hydrogen-bond donors (Lipinski definition) is 0. The van der Waals surface area contributed by atoms with Gasteiger partial charge in [0.05, 0.1) is 6.54 Å². The number of aryl methyl sites for hydroxylation is 2. The molecule has 0 fully saturated rings. The van der Waals surface area contributed by atoms with Crippen molar-refractivity contribution in [2.75, 3.05) is 0 Å². The molecule has 7 heteroatoms. The minimum absolute atomic E-state index is 0.110. The second-order valence-corrected chi connectivity index (χ2v) is 5.69. The molecular weight excluding hydrogens is 296 g/mol. The van der Waals surface area contributed by atoms with Crippen molar-refractivity contribution in [1.82, 2.24) is 19.5 Å². The summed E-state index contributed by atoms with van der Waals surface area (Å²) < 4.78 is 1.54. The highest BCUT2D eigenvalue weighted by atomic mass is 35.5. The molecule has 0 radical (unpaired) electrons. The van der Waals surface area contributed by atoms with E-state index >= 15 is 0 Å². The van der Waals surface area contributed by atoms with Gasteiger partial charge in [0.2, 0.25) is 0 Å². The molecule has 3 aromatic heterocycles. The fraction of sp³-hybridized carbons (Fsp3) is 0.231. The van der Waals surface area contributed by atoms with Crippen molar-refractivity contribution in [1.29, 1.82) is 0 Å². The van der Waals surface area contributed by atoms with E-state index in [1.165, 1.54) is 22.0 Å². The van der Waals surface area contributed by atoms with E-state index in [4.69, 9.17) is 11.6 Å². The number of nitrogens with zero attached hydrogens (tertiary/aromatic N) is 4. The van der Waals surface area contributed by atoms with Gasteiger partial charge in [-0.05, 0) is 25.3 Å². The van der Waals surface area contributed by atoms with Crippen LogP contribution in [0.5, 0.6) is 0 Å². The van der Waals surface area contributed by atoms with Crippen LogP contribution in [0.2, 0.25) is 5.15 Å². The van der Waals surface area contributed by atoms with Crippen molar-refractivity contribution in [2.45, 2.75) is 20.4 Å². The summed E-state index contributed by atoms with van der Waals surface area (Å²) in [5.74, 6) is 1.15. The van der Waals surface area contributed by atoms with Gasteiger partial charge < -0.3 is 0 Å². The summed E-state index contributed by atoms with van der Waals surface area (Å²) in [6.07, 6.45) is 0. The van der Waals surface area contributed by atoms with Crippen molar-refractivity contribution in [3.63, 3.8) is 0 Å². The summed E-state index contributed by atoms with van der Waals surface area (Å²) in [6.45, 7) is 3.86. The standard InChI is InChI=1S/C13H11ClN4OS/c1-7-5-11(19)18(8(2)15-7)6-10-16-12(14)9-3-4-20-13(9)17-10/h3-5H,6H2,1-2H3. The summed E-state index contributed by atoms with van der Waals surface area (Å²) in [5, 5.41) is 3.17. The molecule has 0 N–H and O–H groups in total. The molecule has 0 bridgehead atoms. The molecule has 3 heterocycles. The fourth-order valence-electron chi connectivity index (χ4n) is 2.03. The Morgan fingerprint density at radius 2 is 2.10 bits per heavy atom. The maximum Gasteiger partial charge on any atom is 0.254 e. The van der Waals surface area contributed by atoms with Crippen LogP contribution in [0.4, 0.5) is 0 Å². The van der Waals surface area contributed by atoms with Crippen molar-refractivity contribution >= 4 is 33.2 Å². The Morgan fingerprint density at radius 3 is 2.85 bits per heavy atom. The molecule has 3 rings (SSSR count). The van der Waals surface area contributed by atoms with E-state index in [0.717, 1.165) is 10.2 Å². The van der Waals surface area contributed by atoms with Crippen LogP contribution in [-0.2, 0) is 6.54 Å². The van der Waals surface area contributed by atoms with Crippen LogP contribution in [-0.4, -0.2) is 19.5 Å². The topological polar surface area (TPSA) is 60.7 Å². The Morgan fingerprint density at radius 1 is 1.30 bits per heavy atom. The predicted molar refractivity (Wildman–Crippen MR) is 79.5 cm³/mol. The number of halogens is 1. The third-order valence-electron chi connectivity index (χ3n) is 2.95. The van der Waals surface area contributed by atoms with Gasteiger partial charge >= 0.3 is 0 Å². The van der Waals surface area contributed by atoms with Gasteiger partial charge in [-0.3, -0.25) is 9.36 Å². The Bertz CT molecular complexity index is 855. The van der Waals surface area contributed by atoms with Gasteiger partial charge in [0, 0.05) is 17.1 Å². The van der Waals surface area contributed by atoms with E-state index in [2.05, 4.69) is 15.0 Å². The zero-order valence-corrected chi connectivity index (χ0v) is 12.5. The number of rotatable bonds is 2. The zero-order chi connectivity index (χ0) is 14.3. The van der Waals surface area contributed by atoms with E-state index in [1.807, 2.05) is 11.4 Å². The Labute approximate surface area is 123 Å². The molecule has 0 aliphatic carbocycles. The second kappa shape index (κ2) is 4.96. The highest BCUT2D eigenvalue weighted by molar-refractivity contribution is 7.16. The summed E-state index contributed by atoms with van der Waals surface area (Å²) >= 11 is 7.63. The smallest absolute Gasteiger partial charge is 0.254 e. The number of thiophene rings is 1. The van der Waals surface area contributed by atoms with Crippen LogP contribution in [0.3, 0.4) is 0 Å². The minimum Gasteiger partial charge on any atom is -0.289 e. The van der Waals surface area contributed by atoms with Gasteiger partial charge in [0.15, 0.2) is 5.82 Å². The van der Waals surface area contributed by atoms with Crippen LogP contribution in [0, 0.1) is 13.8 Å². The normalized spacial score (nSPS) is 11.2. The molecule has 20 heavy (non-hydrogen) atoms. The number of fused-ring (bicyclic) bond motifs is 1. The monoisotopic (exact) mass is 306 g/mol. The van der Waals surface area contributed by atoms with Crippen molar-refractivity contribution in [2.24, 2.45) is 0 Å². The Balaban J connectivity index is 2.07. The van der Waals surface area contributed by atoms with Gasteiger partial charge in [-0.1, -0.05) is 11.6 Å². The average molecular weight is 307 g/mol. The molecule has 0 atom stereocenters. The van der Waals surface area contributed by atoms with Crippen molar-refractivity contribution in [3.05, 3.63) is 50.4 Å². The first-order valence-corrected chi connectivity index (χ1v) is 7.25. The van der Waals surface area contributed by atoms with Gasteiger partial charge in [0.25, 0.3) is 5.56 Å². The summed E-state index contributed by atoms with van der Waals surface area (Å²) in [6, 6.07) is 3.38. The molecule has 3 aromatic rings. The quantitative estimate of drug-likeness (QED) is 0.683. The van der Waals surface area contributed by atoms with E-state index < -0.39 is 0 Å². The Kier molecular flexibility index (Phi) is 3.27. The van der Waals surface area contributed by atoms with Crippen LogP contribution >= 0.6 is 22.9 Å². The van der Waals surface area contributed by atoms with Crippen molar-refractivity contribution in [3.8, 4) is 0 Å². The van der Waals surface area contributed by atoms with Crippen LogP contribution in [0.25, 0.3) is 10.2 Å². The molecule has 0 aliphatic rings. The third kappa shape index (κ3) is 2.32. The molecule has 0 saturated carbocycles. The van der Waals surface area contributed by atoms with Crippen molar-refractivity contribution < 1.29 is 0 Å².